The van der Waals surface area contributed by atoms with Gasteiger partial charge in [-0.1, -0.05) is 26.0 Å². The van der Waals surface area contributed by atoms with Crippen molar-refractivity contribution in [3.05, 3.63) is 48.0 Å². The number of nitrogens with one attached hydrogen (secondary N) is 3. The van der Waals surface area contributed by atoms with Crippen LogP contribution in [0.25, 0.3) is 22.7 Å². The first-order chi connectivity index (χ1) is 15.3. The van der Waals surface area contributed by atoms with Crippen molar-refractivity contribution < 1.29 is 23.9 Å². The van der Waals surface area contributed by atoms with Gasteiger partial charge in [0.2, 0.25) is 11.7 Å². The van der Waals surface area contributed by atoms with Crippen molar-refractivity contribution in [3.8, 4) is 22.7 Å². The topological polar surface area (TPSA) is 150 Å². The molecule has 0 saturated carbocycles. The monoisotopic (exact) mass is 439 g/mol. The van der Waals surface area contributed by atoms with Crippen LogP contribution in [-0.4, -0.2) is 50.2 Å². The molecule has 3 aromatic rings. The first-order valence-electron chi connectivity index (χ1n) is 10.3. The molecule has 0 bridgehead atoms. The summed E-state index contributed by atoms with van der Waals surface area (Å²) in [6.45, 7) is 5.38. The number of aromatic amines is 1. The van der Waals surface area contributed by atoms with Crippen molar-refractivity contribution in [2.45, 2.75) is 45.7 Å². The molecule has 0 fully saturated rings. The number of hydrogen-bond acceptors (Lipinski definition) is 6. The number of carboxylic acid groups (broad SMARTS) is 1. The van der Waals surface area contributed by atoms with E-state index in [2.05, 4.69) is 25.8 Å². The standard InChI is InChI=1S/C22H25N5O5/c1-4-15(5-2)25-19(28)17-10-16(26-27-17)13-7-6-8-14(9-13)21-23-11-18(32-21)20(29)24-12(3)22(30)31/h6-12,15H,4-5H2,1-3H3,(H,24,29)(H,25,28)(H,26,27)(H,30,31). The molecule has 2 amide bonds. The first-order valence-corrected chi connectivity index (χ1v) is 10.3. The fraction of sp³-hybridized carbons (Fsp3) is 0.318. The third-order valence-electron chi connectivity index (χ3n) is 5.00. The lowest BCUT2D eigenvalue weighted by molar-refractivity contribution is -0.138. The summed E-state index contributed by atoms with van der Waals surface area (Å²) in [5, 5.41) is 21.2. The average molecular weight is 439 g/mol. The van der Waals surface area contributed by atoms with Gasteiger partial charge < -0.3 is 20.2 Å². The van der Waals surface area contributed by atoms with Gasteiger partial charge in [-0.05, 0) is 38.0 Å². The summed E-state index contributed by atoms with van der Waals surface area (Å²) in [6.07, 6.45) is 2.92. The van der Waals surface area contributed by atoms with E-state index in [0.717, 1.165) is 18.4 Å². The molecule has 4 N–H and O–H groups in total. The quantitative estimate of drug-likeness (QED) is 0.400. The Morgan fingerprint density at radius 1 is 1.09 bits per heavy atom. The molecule has 32 heavy (non-hydrogen) atoms. The second-order valence-electron chi connectivity index (χ2n) is 7.30. The van der Waals surface area contributed by atoms with Crippen LogP contribution in [0.15, 0.2) is 40.9 Å². The zero-order chi connectivity index (χ0) is 23.3. The van der Waals surface area contributed by atoms with E-state index >= 15 is 0 Å². The van der Waals surface area contributed by atoms with Gasteiger partial charge in [0.25, 0.3) is 11.8 Å². The second kappa shape index (κ2) is 9.90. The van der Waals surface area contributed by atoms with Crippen LogP contribution >= 0.6 is 0 Å². The van der Waals surface area contributed by atoms with Crippen LogP contribution < -0.4 is 10.6 Å². The summed E-state index contributed by atoms with van der Waals surface area (Å²) in [6, 6.07) is 7.84. The number of carbonyl (C=O) groups is 3. The van der Waals surface area contributed by atoms with Crippen LogP contribution in [0.1, 0.15) is 54.7 Å². The zero-order valence-corrected chi connectivity index (χ0v) is 18.0. The molecule has 10 heteroatoms. The Balaban J connectivity index is 1.76. The molecule has 0 saturated heterocycles. The van der Waals surface area contributed by atoms with Crippen molar-refractivity contribution >= 4 is 17.8 Å². The zero-order valence-electron chi connectivity index (χ0n) is 18.0. The molecule has 10 nitrogen and oxygen atoms in total. The number of benzene rings is 1. The largest absolute Gasteiger partial charge is 0.480 e. The minimum Gasteiger partial charge on any atom is -0.480 e. The van der Waals surface area contributed by atoms with Crippen LogP contribution in [-0.2, 0) is 4.79 Å². The van der Waals surface area contributed by atoms with E-state index in [9.17, 15) is 14.4 Å². The van der Waals surface area contributed by atoms with Gasteiger partial charge in [-0.15, -0.1) is 0 Å². The molecule has 2 heterocycles. The van der Waals surface area contributed by atoms with Gasteiger partial charge in [0.15, 0.2) is 0 Å². The van der Waals surface area contributed by atoms with E-state index in [4.69, 9.17) is 9.52 Å². The summed E-state index contributed by atoms with van der Waals surface area (Å²) < 4.78 is 5.51. The minimum atomic E-state index is -1.15. The number of aliphatic carboxylic acids is 1. The van der Waals surface area contributed by atoms with Gasteiger partial charge >= 0.3 is 5.97 Å². The lowest BCUT2D eigenvalue weighted by Crippen LogP contribution is -2.38. The third kappa shape index (κ3) is 5.20. The summed E-state index contributed by atoms with van der Waals surface area (Å²) in [5.74, 6) is -1.94. The number of oxazole rings is 1. The molecule has 3 rings (SSSR count). The van der Waals surface area contributed by atoms with Crippen molar-refractivity contribution in [2.75, 3.05) is 0 Å². The Morgan fingerprint density at radius 3 is 2.50 bits per heavy atom. The fourth-order valence-corrected chi connectivity index (χ4v) is 3.00. The molecule has 2 aromatic heterocycles. The molecular formula is C22H25N5O5. The fourth-order valence-electron chi connectivity index (χ4n) is 3.00. The normalized spacial score (nSPS) is 11.9. The van der Waals surface area contributed by atoms with E-state index in [1.54, 1.807) is 24.3 Å². The van der Waals surface area contributed by atoms with Gasteiger partial charge in [0.05, 0.1) is 11.9 Å². The molecule has 168 valence electrons. The maximum absolute atomic E-state index is 12.4. The molecule has 0 aliphatic carbocycles. The Kier molecular flexibility index (Phi) is 7.04. The van der Waals surface area contributed by atoms with Crippen molar-refractivity contribution in [2.24, 2.45) is 0 Å². The Bertz CT molecular complexity index is 1120. The number of carbonyl (C=O) groups excluding carboxylic acids is 2. The van der Waals surface area contributed by atoms with Crippen molar-refractivity contribution in [1.82, 2.24) is 25.8 Å². The Labute approximate surface area is 184 Å². The highest BCUT2D eigenvalue weighted by molar-refractivity contribution is 5.94. The Morgan fingerprint density at radius 2 is 1.81 bits per heavy atom. The maximum Gasteiger partial charge on any atom is 0.325 e. The lowest BCUT2D eigenvalue weighted by atomic mass is 10.1. The van der Waals surface area contributed by atoms with E-state index in [1.807, 2.05) is 19.9 Å². The van der Waals surface area contributed by atoms with Gasteiger partial charge in [-0.2, -0.15) is 5.10 Å². The summed E-state index contributed by atoms with van der Waals surface area (Å²) in [4.78, 5) is 39.5. The number of aromatic nitrogens is 3. The number of carboxylic acids is 1. The first kappa shape index (κ1) is 22.7. The molecule has 1 atom stereocenters. The molecular weight excluding hydrogens is 414 g/mol. The third-order valence-corrected chi connectivity index (χ3v) is 5.00. The maximum atomic E-state index is 12.4. The predicted molar refractivity (Wildman–Crippen MR) is 116 cm³/mol. The lowest BCUT2D eigenvalue weighted by Gasteiger charge is -2.13. The molecule has 0 aliphatic rings. The van der Waals surface area contributed by atoms with Crippen LogP contribution in [0.4, 0.5) is 0 Å². The van der Waals surface area contributed by atoms with Crippen LogP contribution in [0.3, 0.4) is 0 Å². The number of rotatable bonds is 9. The SMILES string of the molecule is CCC(CC)NC(=O)c1cc(-c2cccc(-c3ncc(C(=O)NC(C)C(=O)O)o3)c2)n[nH]1. The van der Waals surface area contributed by atoms with Crippen LogP contribution in [0.2, 0.25) is 0 Å². The predicted octanol–water partition coefficient (Wildman–Crippen LogP) is 2.85. The highest BCUT2D eigenvalue weighted by Gasteiger charge is 2.20. The van der Waals surface area contributed by atoms with E-state index in [0.29, 0.717) is 17.0 Å². The average Bonchev–Trinajstić information content (AvgIpc) is 3.47. The smallest absolute Gasteiger partial charge is 0.325 e. The van der Waals surface area contributed by atoms with Crippen LogP contribution in [0, 0.1) is 0 Å². The number of H-pyrrole nitrogens is 1. The van der Waals surface area contributed by atoms with Gasteiger partial charge in [-0.25, -0.2) is 4.98 Å². The minimum absolute atomic E-state index is 0.0985. The number of hydrogen-bond donors (Lipinski definition) is 4. The summed E-state index contributed by atoms with van der Waals surface area (Å²) >= 11 is 0. The molecule has 0 aliphatic heterocycles. The van der Waals surface area contributed by atoms with E-state index in [-0.39, 0.29) is 23.6 Å². The van der Waals surface area contributed by atoms with Gasteiger partial charge in [0, 0.05) is 17.2 Å². The van der Waals surface area contributed by atoms with E-state index < -0.39 is 17.9 Å². The molecule has 0 radical (unpaired) electrons. The van der Waals surface area contributed by atoms with Crippen molar-refractivity contribution in [3.63, 3.8) is 0 Å². The van der Waals surface area contributed by atoms with E-state index in [1.165, 1.54) is 13.1 Å². The number of nitrogens with zero attached hydrogens (tertiary/aromatic N) is 2. The van der Waals surface area contributed by atoms with Crippen molar-refractivity contribution in [1.29, 1.82) is 0 Å². The number of amides is 2. The molecule has 1 unspecified atom stereocenters. The second-order valence-corrected chi connectivity index (χ2v) is 7.30. The summed E-state index contributed by atoms with van der Waals surface area (Å²) in [7, 11) is 0. The highest BCUT2D eigenvalue weighted by atomic mass is 16.4. The Hall–Kier alpha value is -3.95. The molecule has 1 aromatic carbocycles. The highest BCUT2D eigenvalue weighted by Crippen LogP contribution is 2.25. The summed E-state index contributed by atoms with van der Waals surface area (Å²) in [5.41, 5.74) is 2.25. The van der Waals surface area contributed by atoms with Gasteiger partial charge in [0.1, 0.15) is 11.7 Å². The van der Waals surface area contributed by atoms with Crippen LogP contribution in [0.5, 0.6) is 0 Å². The molecule has 0 spiro atoms. The van der Waals surface area contributed by atoms with Gasteiger partial charge in [-0.3, -0.25) is 19.5 Å².